The Labute approximate surface area is 170 Å². The van der Waals surface area contributed by atoms with Gasteiger partial charge in [0, 0.05) is 12.5 Å². The van der Waals surface area contributed by atoms with Gasteiger partial charge in [0.2, 0.25) is 0 Å². The Morgan fingerprint density at radius 3 is 1.50 bits per heavy atom. The van der Waals surface area contributed by atoms with Gasteiger partial charge in [-0.2, -0.15) is 52.7 Å². The Kier molecular flexibility index (Phi) is 8.33. The van der Waals surface area contributed by atoms with Crippen LogP contribution in [0.2, 0.25) is 0 Å². The number of rotatable bonds is 9. The lowest BCUT2D eigenvalue weighted by Crippen LogP contribution is -2.73. The molecule has 0 rings (SSSR count). The normalized spacial score (nSPS) is 15.2. The van der Waals surface area contributed by atoms with E-state index in [0.717, 1.165) is 6.92 Å². The average molecular weight is 504 g/mol. The monoisotopic (exact) mass is 504 g/mol. The lowest BCUT2D eigenvalue weighted by molar-refractivity contribution is -0.445. The van der Waals surface area contributed by atoms with E-state index in [1.807, 2.05) is 0 Å². The van der Waals surface area contributed by atoms with Crippen LogP contribution in [0.3, 0.4) is 0 Å². The molecule has 32 heavy (non-hydrogen) atoms. The van der Waals surface area contributed by atoms with Crippen LogP contribution in [0.4, 0.5) is 57.1 Å². The van der Waals surface area contributed by atoms with Crippen LogP contribution >= 0.6 is 0 Å². The second kappa shape index (κ2) is 8.96. The molecule has 0 aromatic carbocycles. The van der Waals surface area contributed by atoms with E-state index in [9.17, 15) is 66.7 Å². The third-order valence-corrected chi connectivity index (χ3v) is 3.63. The molecule has 0 bridgehead atoms. The van der Waals surface area contributed by atoms with Crippen molar-refractivity contribution in [2.45, 2.75) is 62.2 Å². The van der Waals surface area contributed by atoms with E-state index in [4.69, 9.17) is 0 Å². The van der Waals surface area contributed by atoms with Crippen LogP contribution in [0.15, 0.2) is 12.2 Å². The van der Waals surface area contributed by atoms with Crippen LogP contribution < -0.4 is 0 Å². The van der Waals surface area contributed by atoms with E-state index < -0.39 is 72.4 Å². The molecule has 188 valence electrons. The third kappa shape index (κ3) is 5.39. The summed E-state index contributed by atoms with van der Waals surface area (Å²) in [7, 11) is 0. The molecule has 0 amide bonds. The number of carbonyl (C=O) groups excluding carboxylic acids is 2. The molecule has 0 radical (unpaired) electrons. The summed E-state index contributed by atoms with van der Waals surface area (Å²) >= 11 is 0. The second-order valence-corrected chi connectivity index (χ2v) is 6.32. The molecule has 0 aromatic heterocycles. The van der Waals surface area contributed by atoms with E-state index in [2.05, 4.69) is 16.1 Å². The highest BCUT2D eigenvalue weighted by atomic mass is 19.4. The van der Waals surface area contributed by atoms with E-state index in [0.29, 0.717) is 6.92 Å². The van der Waals surface area contributed by atoms with Crippen LogP contribution in [0.1, 0.15) is 20.3 Å². The van der Waals surface area contributed by atoms with Gasteiger partial charge in [0.15, 0.2) is 0 Å². The fraction of sp³-hybridized carbons (Fsp3) is 0.733. The van der Waals surface area contributed by atoms with E-state index in [1.165, 1.54) is 0 Å². The predicted molar refractivity (Wildman–Crippen MR) is 76.7 cm³/mol. The minimum absolute atomic E-state index is 0.423. The first-order valence-electron chi connectivity index (χ1n) is 7.82. The van der Waals surface area contributed by atoms with Gasteiger partial charge < -0.3 is 9.47 Å². The number of halogens is 13. The molecule has 0 aliphatic rings. The van der Waals surface area contributed by atoms with E-state index in [-0.39, 0.29) is 0 Å². The molecule has 0 N–H and O–H groups in total. The van der Waals surface area contributed by atoms with Crippen LogP contribution in [0.25, 0.3) is 0 Å². The maximum absolute atomic E-state index is 13.9. The molecule has 0 aliphatic heterocycles. The van der Waals surface area contributed by atoms with Crippen molar-refractivity contribution in [3.05, 3.63) is 12.2 Å². The molecule has 1 unspecified atom stereocenters. The van der Waals surface area contributed by atoms with Crippen molar-refractivity contribution in [1.29, 1.82) is 0 Å². The van der Waals surface area contributed by atoms with Crippen molar-refractivity contribution < 1.29 is 76.1 Å². The number of carbonyl (C=O) groups is 2. The van der Waals surface area contributed by atoms with Gasteiger partial charge in [-0.3, -0.25) is 4.79 Å². The standard InChI is InChI=1S/C15H13F13O4/c1-6(2)9(30)31-5-8(32-7(3)29)4-10(16,17)12(19,20)13(21,22)11(18,14(23,24)25)15(26,27)28/h8H,1,4-5H2,2-3H3. The summed E-state index contributed by atoms with van der Waals surface area (Å²) in [6.45, 7) is 2.89. The highest BCUT2D eigenvalue weighted by Gasteiger charge is 2.93. The molecule has 0 saturated heterocycles. The highest BCUT2D eigenvalue weighted by Crippen LogP contribution is 2.62. The van der Waals surface area contributed by atoms with Gasteiger partial charge in [-0.25, -0.2) is 9.18 Å². The largest absolute Gasteiger partial charge is 0.459 e. The lowest BCUT2D eigenvalue weighted by atomic mass is 9.86. The van der Waals surface area contributed by atoms with Crippen molar-refractivity contribution >= 4 is 11.9 Å². The quantitative estimate of drug-likeness (QED) is 0.247. The van der Waals surface area contributed by atoms with Crippen LogP contribution in [0, 0.1) is 0 Å². The predicted octanol–water partition coefficient (Wildman–Crippen LogP) is 5.17. The molecule has 1 atom stereocenters. The van der Waals surface area contributed by atoms with Crippen molar-refractivity contribution in [3.8, 4) is 0 Å². The van der Waals surface area contributed by atoms with Gasteiger partial charge in [-0.15, -0.1) is 0 Å². The number of hydrogen-bond acceptors (Lipinski definition) is 4. The Balaban J connectivity index is 6.29. The molecule has 0 heterocycles. The van der Waals surface area contributed by atoms with Crippen molar-refractivity contribution in [2.24, 2.45) is 0 Å². The molecule has 0 fully saturated rings. The molecule has 0 aromatic rings. The summed E-state index contributed by atoms with van der Waals surface area (Å²) in [5.74, 6) is -25.3. The Morgan fingerprint density at radius 1 is 0.781 bits per heavy atom. The zero-order valence-corrected chi connectivity index (χ0v) is 15.7. The highest BCUT2D eigenvalue weighted by molar-refractivity contribution is 5.86. The molecule has 0 spiro atoms. The molecular weight excluding hydrogens is 491 g/mol. The van der Waals surface area contributed by atoms with Gasteiger partial charge in [0.1, 0.15) is 12.7 Å². The first kappa shape index (κ1) is 29.8. The first-order valence-corrected chi connectivity index (χ1v) is 7.82. The number of esters is 2. The van der Waals surface area contributed by atoms with Gasteiger partial charge >= 0.3 is 47.7 Å². The third-order valence-electron chi connectivity index (χ3n) is 3.63. The van der Waals surface area contributed by atoms with Crippen LogP contribution in [-0.4, -0.2) is 60.4 Å². The zero-order valence-electron chi connectivity index (χ0n) is 15.7. The van der Waals surface area contributed by atoms with Crippen molar-refractivity contribution in [2.75, 3.05) is 6.61 Å². The molecule has 17 heteroatoms. The number of hydrogen-bond donors (Lipinski definition) is 0. The summed E-state index contributed by atoms with van der Waals surface area (Å²) < 4.78 is 179. The lowest BCUT2D eigenvalue weighted by Gasteiger charge is -2.42. The van der Waals surface area contributed by atoms with Crippen molar-refractivity contribution in [3.63, 3.8) is 0 Å². The fourth-order valence-electron chi connectivity index (χ4n) is 2.04. The minimum atomic E-state index is -8.10. The smallest absolute Gasteiger partial charge is 0.438 e. The van der Waals surface area contributed by atoms with Gasteiger partial charge in [0.25, 0.3) is 0 Å². The molecule has 0 aliphatic carbocycles. The summed E-state index contributed by atoms with van der Waals surface area (Å²) in [5, 5.41) is 0. The van der Waals surface area contributed by atoms with E-state index in [1.54, 1.807) is 0 Å². The number of alkyl halides is 13. The Bertz CT molecular complexity index is 710. The zero-order chi connectivity index (χ0) is 26.1. The molecular formula is C15H13F13O4. The maximum Gasteiger partial charge on any atom is 0.438 e. The molecule has 0 saturated carbocycles. The topological polar surface area (TPSA) is 52.6 Å². The summed E-state index contributed by atoms with van der Waals surface area (Å²) in [6.07, 6.45) is -21.3. The first-order chi connectivity index (χ1) is 13.9. The fourth-order valence-corrected chi connectivity index (χ4v) is 2.04. The number of ether oxygens (including phenoxy) is 2. The Morgan fingerprint density at radius 2 is 1.19 bits per heavy atom. The van der Waals surface area contributed by atoms with Crippen LogP contribution in [-0.2, 0) is 19.1 Å². The maximum atomic E-state index is 13.9. The summed E-state index contributed by atoms with van der Waals surface area (Å²) in [5.41, 5.74) is -8.52. The van der Waals surface area contributed by atoms with Crippen molar-refractivity contribution in [1.82, 2.24) is 0 Å². The van der Waals surface area contributed by atoms with Gasteiger partial charge in [-0.05, 0) is 6.92 Å². The average Bonchev–Trinajstić information content (AvgIpc) is 2.54. The summed E-state index contributed by atoms with van der Waals surface area (Å²) in [6, 6.07) is 0. The van der Waals surface area contributed by atoms with Gasteiger partial charge in [-0.1, -0.05) is 6.58 Å². The van der Waals surface area contributed by atoms with E-state index >= 15 is 0 Å². The summed E-state index contributed by atoms with van der Waals surface area (Å²) in [4.78, 5) is 22.1. The van der Waals surface area contributed by atoms with Crippen LogP contribution in [0.5, 0.6) is 0 Å². The SMILES string of the molecule is C=C(C)C(=O)OCC(CC(F)(F)C(F)(F)C(F)(F)C(F)(C(F)(F)F)C(F)(F)F)OC(C)=O. The second-order valence-electron chi connectivity index (χ2n) is 6.32. The van der Waals surface area contributed by atoms with Gasteiger partial charge in [0.05, 0.1) is 6.42 Å². The molecule has 4 nitrogen and oxygen atoms in total. The minimum Gasteiger partial charge on any atom is -0.459 e. The Hall–Kier alpha value is -2.23.